The summed E-state index contributed by atoms with van der Waals surface area (Å²) < 4.78 is 60.7. The monoisotopic (exact) mass is 580 g/mol. The normalized spacial score (nSPS) is 13.9. The average Bonchev–Trinajstić information content (AvgIpc) is 2.97. The van der Waals surface area contributed by atoms with E-state index in [-0.39, 0.29) is 17.7 Å². The first-order valence-electron chi connectivity index (χ1n) is 13.1. The number of hydrogen-bond donors (Lipinski definition) is 3. The second kappa shape index (κ2) is 11.8. The fourth-order valence-corrected chi connectivity index (χ4v) is 6.00. The number of aryl methyl sites for hydroxylation is 1. The van der Waals surface area contributed by atoms with Crippen LogP contribution in [0.2, 0.25) is 0 Å². The van der Waals surface area contributed by atoms with E-state index in [2.05, 4.69) is 9.62 Å². The molecule has 1 aliphatic rings. The first-order valence-corrected chi connectivity index (χ1v) is 14.8. The Morgan fingerprint density at radius 2 is 1.85 bits per heavy atom. The van der Waals surface area contributed by atoms with E-state index in [0.29, 0.717) is 71.2 Å². The fourth-order valence-electron chi connectivity index (χ4n) is 4.92. The Kier molecular flexibility index (Phi) is 8.13. The number of halogens is 2. The van der Waals surface area contributed by atoms with Crippen LogP contribution in [-0.2, 0) is 14.8 Å². The molecule has 1 aliphatic heterocycles. The van der Waals surface area contributed by atoms with Gasteiger partial charge in [-0.25, -0.2) is 22.8 Å². The van der Waals surface area contributed by atoms with Crippen molar-refractivity contribution in [3.63, 3.8) is 0 Å². The van der Waals surface area contributed by atoms with Gasteiger partial charge < -0.3 is 20.8 Å². The van der Waals surface area contributed by atoms with Gasteiger partial charge in [0.2, 0.25) is 10.0 Å². The minimum absolute atomic E-state index is 0.177. The second-order valence-corrected chi connectivity index (χ2v) is 11.6. The number of nitrogens with zero attached hydrogens (tertiary/aromatic N) is 3. The van der Waals surface area contributed by atoms with Crippen LogP contribution in [0.5, 0.6) is 0 Å². The molecule has 0 atom stereocenters. The third-order valence-electron chi connectivity index (χ3n) is 6.93. The van der Waals surface area contributed by atoms with Crippen molar-refractivity contribution in [3.8, 4) is 22.5 Å². The summed E-state index contributed by atoms with van der Waals surface area (Å²) in [4.78, 5) is 11.9. The molecule has 0 bridgehead atoms. The lowest BCUT2D eigenvalue weighted by atomic mass is 9.98. The predicted molar refractivity (Wildman–Crippen MR) is 158 cm³/mol. The molecule has 4 aromatic rings. The van der Waals surface area contributed by atoms with Crippen LogP contribution in [0.15, 0.2) is 48.5 Å². The number of hydrogen-bond acceptors (Lipinski definition) is 8. The molecule has 1 fully saturated rings. The molecule has 0 unspecified atom stereocenters. The summed E-state index contributed by atoms with van der Waals surface area (Å²) in [6, 6.07) is 13.4. The van der Waals surface area contributed by atoms with Crippen LogP contribution in [0.1, 0.15) is 17.5 Å². The van der Waals surface area contributed by atoms with Gasteiger partial charge in [-0.1, -0.05) is 24.3 Å². The van der Waals surface area contributed by atoms with E-state index in [0.717, 1.165) is 5.56 Å². The van der Waals surface area contributed by atoms with Gasteiger partial charge in [-0.3, -0.25) is 9.11 Å². The Morgan fingerprint density at radius 1 is 1.12 bits per heavy atom. The number of morpholine rings is 1. The number of benzene rings is 3. The SMILES string of the molecule is Cc1cc(-c2cccc(NS(=O)(=O)CCCF)c2F)cc2c(N3CCOCC3)nc(-c3cccc(N)c3C=N)nc12. The highest BCUT2D eigenvalue weighted by Crippen LogP contribution is 2.37. The summed E-state index contributed by atoms with van der Waals surface area (Å²) in [5.74, 6) is -0.134. The van der Waals surface area contributed by atoms with Gasteiger partial charge in [-0.2, -0.15) is 0 Å². The lowest BCUT2D eigenvalue weighted by Gasteiger charge is -2.29. The van der Waals surface area contributed by atoms with Gasteiger partial charge in [0.15, 0.2) is 11.6 Å². The topological polar surface area (TPSA) is 134 Å². The zero-order valence-electron chi connectivity index (χ0n) is 22.5. The molecule has 5 rings (SSSR count). The molecule has 12 heteroatoms. The van der Waals surface area contributed by atoms with Crippen LogP contribution in [0.3, 0.4) is 0 Å². The zero-order chi connectivity index (χ0) is 29.1. The molecule has 214 valence electrons. The van der Waals surface area contributed by atoms with E-state index in [1.807, 2.05) is 13.0 Å². The minimum atomic E-state index is -3.92. The quantitative estimate of drug-likeness (QED) is 0.189. The summed E-state index contributed by atoms with van der Waals surface area (Å²) in [5, 5.41) is 8.59. The highest BCUT2D eigenvalue weighted by atomic mass is 32.2. The van der Waals surface area contributed by atoms with Gasteiger partial charge in [0.05, 0.1) is 36.8 Å². The van der Waals surface area contributed by atoms with Crippen molar-refractivity contribution in [2.24, 2.45) is 0 Å². The molecule has 1 aromatic heterocycles. The zero-order valence-corrected chi connectivity index (χ0v) is 23.3. The Balaban J connectivity index is 1.67. The van der Waals surface area contributed by atoms with Crippen LogP contribution in [-0.4, -0.2) is 63.3 Å². The molecule has 3 aromatic carbocycles. The summed E-state index contributed by atoms with van der Waals surface area (Å²) in [6.07, 6.45) is 1.01. The molecule has 0 spiro atoms. The van der Waals surface area contributed by atoms with Crippen LogP contribution >= 0.6 is 0 Å². The van der Waals surface area contributed by atoms with Crippen LogP contribution < -0.4 is 15.4 Å². The minimum Gasteiger partial charge on any atom is -0.398 e. The summed E-state index contributed by atoms with van der Waals surface area (Å²) in [7, 11) is -3.92. The maximum Gasteiger partial charge on any atom is 0.232 e. The van der Waals surface area contributed by atoms with Crippen molar-refractivity contribution < 1.29 is 21.9 Å². The van der Waals surface area contributed by atoms with Crippen molar-refractivity contribution >= 4 is 44.3 Å². The highest BCUT2D eigenvalue weighted by Gasteiger charge is 2.22. The lowest BCUT2D eigenvalue weighted by Crippen LogP contribution is -2.37. The predicted octanol–water partition coefficient (Wildman–Crippen LogP) is 4.93. The van der Waals surface area contributed by atoms with E-state index in [4.69, 9.17) is 25.8 Å². The summed E-state index contributed by atoms with van der Waals surface area (Å²) in [5.41, 5.74) is 9.63. The van der Waals surface area contributed by atoms with Crippen LogP contribution in [0.25, 0.3) is 33.4 Å². The molecule has 9 nitrogen and oxygen atoms in total. The largest absolute Gasteiger partial charge is 0.398 e. The van der Waals surface area contributed by atoms with Crippen molar-refractivity contribution in [1.82, 2.24) is 9.97 Å². The Labute approximate surface area is 236 Å². The van der Waals surface area contributed by atoms with Gasteiger partial charge in [-0.15, -0.1) is 0 Å². The van der Waals surface area contributed by atoms with E-state index < -0.39 is 28.3 Å². The van der Waals surface area contributed by atoms with Crippen molar-refractivity contribution in [3.05, 3.63) is 65.5 Å². The van der Waals surface area contributed by atoms with Gasteiger partial charge >= 0.3 is 0 Å². The molecule has 1 saturated heterocycles. The van der Waals surface area contributed by atoms with Crippen LogP contribution in [0.4, 0.5) is 26.0 Å². The van der Waals surface area contributed by atoms with Gasteiger partial charge in [0, 0.05) is 47.1 Å². The van der Waals surface area contributed by atoms with Crippen LogP contribution in [0, 0.1) is 18.2 Å². The van der Waals surface area contributed by atoms with Crippen molar-refractivity contribution in [2.75, 3.05) is 54.1 Å². The number of nitrogen functional groups attached to an aromatic ring is 1. The van der Waals surface area contributed by atoms with Crippen molar-refractivity contribution in [1.29, 1.82) is 5.41 Å². The third-order valence-corrected chi connectivity index (χ3v) is 8.29. The molecule has 4 N–H and O–H groups in total. The number of alkyl halides is 1. The molecule has 2 heterocycles. The molecular formula is C29H30F2N6O3S. The maximum atomic E-state index is 15.7. The number of fused-ring (bicyclic) bond motifs is 1. The number of anilines is 3. The number of nitrogens with one attached hydrogen (secondary N) is 2. The molecule has 41 heavy (non-hydrogen) atoms. The summed E-state index contributed by atoms with van der Waals surface area (Å²) >= 11 is 0. The first-order chi connectivity index (χ1) is 19.7. The third kappa shape index (κ3) is 5.84. The van der Waals surface area contributed by atoms with E-state index in [1.165, 1.54) is 12.3 Å². The summed E-state index contributed by atoms with van der Waals surface area (Å²) in [6.45, 7) is 3.30. The highest BCUT2D eigenvalue weighted by molar-refractivity contribution is 7.92. The smallest absolute Gasteiger partial charge is 0.232 e. The standard InChI is InChI=1S/C29H30F2N6O3S/c1-18-15-19(20-5-3-8-25(26(20)31)36-41(38,39)14-4-9-30)16-22-27(18)34-28(21-6-2-7-24(33)23(21)17-32)35-29(22)37-10-12-40-13-11-37/h2-3,5-8,15-17,32,36H,4,9-14,33H2,1H3. The number of aromatic nitrogens is 2. The first kappa shape index (κ1) is 28.4. The Morgan fingerprint density at radius 3 is 2.59 bits per heavy atom. The van der Waals surface area contributed by atoms with Gasteiger partial charge in [0.1, 0.15) is 5.82 Å². The molecule has 0 radical (unpaired) electrons. The fraction of sp³-hybridized carbons (Fsp3) is 0.276. The number of sulfonamides is 1. The van der Waals surface area contributed by atoms with E-state index in [1.54, 1.807) is 36.4 Å². The lowest BCUT2D eigenvalue weighted by molar-refractivity contribution is 0.122. The number of rotatable bonds is 9. The molecule has 0 amide bonds. The average molecular weight is 581 g/mol. The molecule has 0 saturated carbocycles. The Hall–Kier alpha value is -4.16. The van der Waals surface area contributed by atoms with Gasteiger partial charge in [-0.05, 0) is 48.7 Å². The molecule has 0 aliphatic carbocycles. The van der Waals surface area contributed by atoms with Crippen molar-refractivity contribution in [2.45, 2.75) is 13.3 Å². The number of nitrogens with two attached hydrogens (primary N) is 1. The molecular weight excluding hydrogens is 550 g/mol. The van der Waals surface area contributed by atoms with E-state index in [9.17, 15) is 12.8 Å². The second-order valence-electron chi connectivity index (χ2n) is 9.74. The number of ether oxygens (including phenoxy) is 1. The van der Waals surface area contributed by atoms with E-state index >= 15 is 4.39 Å². The maximum absolute atomic E-state index is 15.7. The Bertz CT molecular complexity index is 1730. The van der Waals surface area contributed by atoms with Gasteiger partial charge in [0.25, 0.3) is 0 Å².